The molecule has 0 saturated heterocycles. The zero-order valence-electron chi connectivity index (χ0n) is 19.0. The number of nitrogens with one attached hydrogen (secondary N) is 1. The Morgan fingerprint density at radius 1 is 1.14 bits per heavy atom. The van der Waals surface area contributed by atoms with E-state index in [-0.39, 0.29) is 17.3 Å². The molecule has 1 aliphatic rings. The summed E-state index contributed by atoms with van der Waals surface area (Å²) in [6.45, 7) is 2.34. The SMILES string of the molecule is O=C(/C=C/c1ccc([N+](=O)[O-])cc1)NCCCCN1CCc2ccc(OS(=O)(=O)C(F)(F)F)cc2C1. The van der Waals surface area contributed by atoms with Crippen LogP contribution in [0.25, 0.3) is 6.08 Å². The van der Waals surface area contributed by atoms with Crippen molar-refractivity contribution in [3.63, 3.8) is 0 Å². The molecule has 36 heavy (non-hydrogen) atoms. The van der Waals surface area contributed by atoms with Gasteiger partial charge in [-0.15, -0.1) is 0 Å². The number of carbonyl (C=O) groups excluding carboxylic acids is 1. The van der Waals surface area contributed by atoms with Crippen LogP contribution in [0, 0.1) is 10.1 Å². The van der Waals surface area contributed by atoms with Gasteiger partial charge in [0.2, 0.25) is 5.91 Å². The first-order valence-corrected chi connectivity index (χ1v) is 12.4. The Kier molecular flexibility index (Phi) is 8.69. The molecule has 1 N–H and O–H groups in total. The second-order valence-corrected chi connectivity index (χ2v) is 9.66. The number of carbonyl (C=O) groups is 1. The highest BCUT2D eigenvalue weighted by atomic mass is 32.2. The van der Waals surface area contributed by atoms with Crippen molar-refractivity contribution in [3.8, 4) is 5.75 Å². The van der Waals surface area contributed by atoms with Crippen molar-refractivity contribution in [1.82, 2.24) is 10.2 Å². The number of nitrogens with zero attached hydrogens (tertiary/aromatic N) is 2. The van der Waals surface area contributed by atoms with Crippen LogP contribution in [0.2, 0.25) is 0 Å². The van der Waals surface area contributed by atoms with Crippen molar-refractivity contribution in [2.75, 3.05) is 19.6 Å². The fourth-order valence-electron chi connectivity index (χ4n) is 3.62. The minimum atomic E-state index is -5.72. The maximum atomic E-state index is 12.6. The predicted molar refractivity (Wildman–Crippen MR) is 125 cm³/mol. The molecule has 0 saturated carbocycles. The fraction of sp³-hybridized carbons (Fsp3) is 0.348. The van der Waals surface area contributed by atoms with Crippen LogP contribution in [0.3, 0.4) is 0 Å². The molecule has 13 heteroatoms. The highest BCUT2D eigenvalue weighted by Crippen LogP contribution is 2.29. The molecule has 0 radical (unpaired) electrons. The number of halogens is 3. The molecule has 0 aromatic heterocycles. The summed E-state index contributed by atoms with van der Waals surface area (Å²) >= 11 is 0. The van der Waals surface area contributed by atoms with Gasteiger partial charge in [-0.2, -0.15) is 21.6 Å². The molecule has 9 nitrogen and oxygen atoms in total. The lowest BCUT2D eigenvalue weighted by atomic mass is 9.99. The number of alkyl halides is 3. The van der Waals surface area contributed by atoms with Crippen molar-refractivity contribution in [2.24, 2.45) is 0 Å². The van der Waals surface area contributed by atoms with Crippen LogP contribution in [0.5, 0.6) is 5.75 Å². The number of unbranched alkanes of at least 4 members (excludes halogenated alkanes) is 1. The third-order valence-corrected chi connectivity index (χ3v) is 6.47. The van der Waals surface area contributed by atoms with Crippen molar-refractivity contribution in [2.45, 2.75) is 31.3 Å². The molecule has 0 unspecified atom stereocenters. The highest BCUT2D eigenvalue weighted by molar-refractivity contribution is 7.88. The van der Waals surface area contributed by atoms with Crippen molar-refractivity contribution in [3.05, 3.63) is 75.3 Å². The lowest BCUT2D eigenvalue weighted by molar-refractivity contribution is -0.384. The van der Waals surface area contributed by atoms with Gasteiger partial charge >= 0.3 is 15.6 Å². The first kappa shape index (κ1) is 27.1. The van der Waals surface area contributed by atoms with E-state index in [1.807, 2.05) is 0 Å². The van der Waals surface area contributed by atoms with Crippen LogP contribution < -0.4 is 9.50 Å². The molecular formula is C23H24F3N3O6S. The van der Waals surface area contributed by atoms with E-state index in [1.54, 1.807) is 24.3 Å². The number of hydrogen-bond acceptors (Lipinski definition) is 7. The van der Waals surface area contributed by atoms with Crippen LogP contribution in [0.1, 0.15) is 29.5 Å². The minimum Gasteiger partial charge on any atom is -0.376 e. The van der Waals surface area contributed by atoms with Gasteiger partial charge in [-0.25, -0.2) is 0 Å². The summed E-state index contributed by atoms with van der Waals surface area (Å²) in [5.41, 5.74) is -3.23. The van der Waals surface area contributed by atoms with E-state index in [0.717, 1.165) is 18.5 Å². The second kappa shape index (κ2) is 11.5. The molecule has 1 heterocycles. The summed E-state index contributed by atoms with van der Waals surface area (Å²) in [5, 5.41) is 13.4. The zero-order valence-corrected chi connectivity index (χ0v) is 19.8. The van der Waals surface area contributed by atoms with Crippen molar-refractivity contribution >= 4 is 27.8 Å². The number of non-ortho nitro benzene ring substituents is 1. The van der Waals surface area contributed by atoms with Gasteiger partial charge in [0.1, 0.15) is 5.75 Å². The second-order valence-electron chi connectivity index (χ2n) is 8.12. The van der Waals surface area contributed by atoms with Gasteiger partial charge in [0.05, 0.1) is 4.92 Å². The first-order valence-electron chi connectivity index (χ1n) is 11.0. The number of rotatable bonds is 10. The normalized spacial score (nSPS) is 14.4. The number of fused-ring (bicyclic) bond motifs is 1. The highest BCUT2D eigenvalue weighted by Gasteiger charge is 2.48. The van der Waals surface area contributed by atoms with Gasteiger partial charge in [-0.05, 0) is 72.8 Å². The Morgan fingerprint density at radius 2 is 1.86 bits per heavy atom. The molecule has 2 aromatic carbocycles. The molecule has 1 amide bonds. The third-order valence-electron chi connectivity index (χ3n) is 5.49. The summed E-state index contributed by atoms with van der Waals surface area (Å²) < 4.78 is 64.4. The van der Waals surface area contributed by atoms with Gasteiger partial charge in [-0.3, -0.25) is 19.8 Å². The van der Waals surface area contributed by atoms with E-state index in [2.05, 4.69) is 14.4 Å². The molecule has 0 bridgehead atoms. The average molecular weight is 528 g/mol. The lowest BCUT2D eigenvalue weighted by Gasteiger charge is -2.29. The molecule has 0 aliphatic carbocycles. The van der Waals surface area contributed by atoms with E-state index in [0.29, 0.717) is 43.6 Å². The van der Waals surface area contributed by atoms with Gasteiger partial charge < -0.3 is 9.50 Å². The maximum absolute atomic E-state index is 12.6. The van der Waals surface area contributed by atoms with Crippen LogP contribution in [0.15, 0.2) is 48.5 Å². The standard InChI is InChI=1S/C23H24F3N3O6S/c24-23(25,26)36(33,34)35-21-9-6-18-11-14-28(16-19(18)15-21)13-2-1-12-27-22(30)10-5-17-3-7-20(8-4-17)29(31)32/h3-10,15H,1-2,11-14,16H2,(H,27,30)/b10-5+. The average Bonchev–Trinajstić information content (AvgIpc) is 2.81. The van der Waals surface area contributed by atoms with Crippen LogP contribution in [0.4, 0.5) is 18.9 Å². The number of benzene rings is 2. The number of nitro groups is 1. The zero-order chi connectivity index (χ0) is 26.3. The van der Waals surface area contributed by atoms with Gasteiger partial charge in [-0.1, -0.05) is 6.07 Å². The largest absolute Gasteiger partial charge is 0.534 e. The van der Waals surface area contributed by atoms with E-state index in [4.69, 9.17) is 0 Å². The van der Waals surface area contributed by atoms with Crippen LogP contribution in [-0.4, -0.2) is 49.3 Å². The van der Waals surface area contributed by atoms with Crippen molar-refractivity contribution < 1.29 is 35.5 Å². The van der Waals surface area contributed by atoms with Gasteiger partial charge in [0.25, 0.3) is 5.69 Å². The quantitative estimate of drug-likeness (QED) is 0.125. The Hall–Kier alpha value is -3.45. The minimum absolute atomic E-state index is 0.0306. The fourth-order valence-corrected chi connectivity index (χ4v) is 4.07. The Balaban J connectivity index is 1.40. The van der Waals surface area contributed by atoms with Crippen LogP contribution >= 0.6 is 0 Å². The monoisotopic (exact) mass is 527 g/mol. The number of nitro benzene ring substituents is 1. The topological polar surface area (TPSA) is 119 Å². The molecule has 0 atom stereocenters. The summed E-state index contributed by atoms with van der Waals surface area (Å²) in [6.07, 6.45) is 5.04. The number of amides is 1. The van der Waals surface area contributed by atoms with E-state index in [9.17, 15) is 36.5 Å². The Morgan fingerprint density at radius 3 is 2.53 bits per heavy atom. The molecule has 0 spiro atoms. The number of hydrogen-bond donors (Lipinski definition) is 1. The molecule has 1 aliphatic heterocycles. The molecular weight excluding hydrogens is 503 g/mol. The first-order chi connectivity index (χ1) is 16.9. The Bertz CT molecular complexity index is 1230. The maximum Gasteiger partial charge on any atom is 0.534 e. The third kappa shape index (κ3) is 7.52. The summed E-state index contributed by atoms with van der Waals surface area (Å²) in [5.74, 6) is -0.668. The Labute approximate surface area is 205 Å². The van der Waals surface area contributed by atoms with Crippen LogP contribution in [-0.2, 0) is 27.9 Å². The van der Waals surface area contributed by atoms with E-state index >= 15 is 0 Å². The molecule has 2 aromatic rings. The lowest BCUT2D eigenvalue weighted by Crippen LogP contribution is -2.32. The summed E-state index contributed by atoms with van der Waals surface area (Å²) in [4.78, 5) is 24.2. The smallest absolute Gasteiger partial charge is 0.376 e. The summed E-state index contributed by atoms with van der Waals surface area (Å²) in [7, 11) is -5.72. The van der Waals surface area contributed by atoms with Crippen molar-refractivity contribution in [1.29, 1.82) is 0 Å². The molecule has 3 rings (SSSR count). The van der Waals surface area contributed by atoms with E-state index in [1.165, 1.54) is 30.3 Å². The van der Waals surface area contributed by atoms with E-state index < -0.39 is 20.5 Å². The van der Waals surface area contributed by atoms with Gasteiger partial charge in [0, 0.05) is 37.8 Å². The molecule has 194 valence electrons. The summed E-state index contributed by atoms with van der Waals surface area (Å²) in [6, 6.07) is 9.92. The molecule has 0 fully saturated rings. The van der Waals surface area contributed by atoms with Gasteiger partial charge in [0.15, 0.2) is 0 Å². The predicted octanol–water partition coefficient (Wildman–Crippen LogP) is 3.79.